The number of amides is 2. The van der Waals surface area contributed by atoms with Gasteiger partial charge in [-0.3, -0.25) is 9.59 Å². The van der Waals surface area contributed by atoms with Gasteiger partial charge in [-0.05, 0) is 71.3 Å². The quantitative estimate of drug-likeness (QED) is 0.131. The van der Waals surface area contributed by atoms with Crippen LogP contribution in [0.2, 0.25) is 0 Å². The van der Waals surface area contributed by atoms with Gasteiger partial charge >= 0.3 is 5.97 Å². The maximum atomic E-state index is 14.4. The standard InChI is InChI=1S/C37H42N4O6S/c1-5-14-39-36(43)30-11-9-25(33(40-30)37(44)45-4)26-19-31-28(34-24(12-15-46-31)13-16-48-34)18-27(26)35(42)41-29-10-8-23(20-38)17-32(29)47-21-22(6-2)7-3/h8-11,13,16-19,22H,5-7,12,14-15,20-21,38H2,1-4H3,(H,39,43)(H,41,42). The first kappa shape index (κ1) is 34.6. The Hall–Kier alpha value is -4.74. The van der Waals surface area contributed by atoms with Gasteiger partial charge in [-0.1, -0.05) is 39.7 Å². The van der Waals surface area contributed by atoms with Gasteiger partial charge < -0.3 is 30.6 Å². The smallest absolute Gasteiger partial charge is 0.357 e. The highest BCUT2D eigenvalue weighted by Crippen LogP contribution is 2.43. The highest BCUT2D eigenvalue weighted by atomic mass is 32.1. The van der Waals surface area contributed by atoms with Crippen molar-refractivity contribution in [3.05, 3.63) is 82.0 Å². The molecule has 0 fully saturated rings. The fourth-order valence-electron chi connectivity index (χ4n) is 5.55. The molecule has 0 spiro atoms. The summed E-state index contributed by atoms with van der Waals surface area (Å²) >= 11 is 1.58. The number of carbonyl (C=O) groups is 3. The number of esters is 1. The molecule has 1 aliphatic rings. The summed E-state index contributed by atoms with van der Waals surface area (Å²) in [5, 5.41) is 7.87. The molecule has 2 aromatic carbocycles. The topological polar surface area (TPSA) is 142 Å². The van der Waals surface area contributed by atoms with Crippen LogP contribution >= 0.6 is 11.3 Å². The van der Waals surface area contributed by atoms with Crippen LogP contribution in [-0.4, -0.2) is 49.6 Å². The third-order valence-electron chi connectivity index (χ3n) is 8.48. The number of hydrogen-bond acceptors (Lipinski definition) is 9. The molecular formula is C37H42N4O6S. The van der Waals surface area contributed by atoms with Gasteiger partial charge in [0.25, 0.3) is 11.8 Å². The number of nitrogens with zero attached hydrogens (tertiary/aromatic N) is 1. The van der Waals surface area contributed by atoms with E-state index in [1.54, 1.807) is 35.6 Å². The van der Waals surface area contributed by atoms with Gasteiger partial charge in [0, 0.05) is 46.6 Å². The lowest BCUT2D eigenvalue weighted by molar-refractivity contribution is 0.0594. The Labute approximate surface area is 285 Å². The van der Waals surface area contributed by atoms with E-state index < -0.39 is 17.8 Å². The number of carbonyl (C=O) groups excluding carboxylic acids is 3. The summed E-state index contributed by atoms with van der Waals surface area (Å²) in [6, 6.07) is 14.3. The molecule has 2 amide bonds. The fourth-order valence-corrected chi connectivity index (χ4v) is 6.53. The lowest BCUT2D eigenvalue weighted by atomic mass is 9.93. The molecule has 10 nitrogen and oxygen atoms in total. The van der Waals surface area contributed by atoms with Crippen molar-refractivity contribution in [3.63, 3.8) is 0 Å². The molecular weight excluding hydrogens is 628 g/mol. The van der Waals surface area contributed by atoms with E-state index in [9.17, 15) is 14.4 Å². The lowest BCUT2D eigenvalue weighted by Crippen LogP contribution is -2.26. The minimum Gasteiger partial charge on any atom is -0.493 e. The predicted molar refractivity (Wildman–Crippen MR) is 188 cm³/mol. The summed E-state index contributed by atoms with van der Waals surface area (Å²) in [6.07, 6.45) is 3.39. The number of ether oxygens (including phenoxy) is 3. The second-order valence-electron chi connectivity index (χ2n) is 11.6. The number of nitrogens with two attached hydrogens (primary N) is 1. The van der Waals surface area contributed by atoms with Crippen LogP contribution in [0.5, 0.6) is 11.5 Å². The Bertz CT molecular complexity index is 1800. The number of aromatic nitrogens is 1. The number of pyridine rings is 1. The summed E-state index contributed by atoms with van der Waals surface area (Å²) in [6.45, 7) is 7.93. The molecule has 0 bridgehead atoms. The first-order chi connectivity index (χ1) is 23.3. The molecule has 3 heterocycles. The summed E-state index contributed by atoms with van der Waals surface area (Å²) < 4.78 is 17.5. The number of methoxy groups -OCH3 is 1. The Balaban J connectivity index is 1.64. The Morgan fingerprint density at radius 2 is 1.81 bits per heavy atom. The highest BCUT2D eigenvalue weighted by Gasteiger charge is 2.27. The second-order valence-corrected chi connectivity index (χ2v) is 12.5. The van der Waals surface area contributed by atoms with Gasteiger partial charge in [0.15, 0.2) is 5.69 Å². The van der Waals surface area contributed by atoms with E-state index in [4.69, 9.17) is 19.9 Å². The molecule has 4 aromatic rings. The third kappa shape index (κ3) is 7.53. The summed E-state index contributed by atoms with van der Waals surface area (Å²) in [7, 11) is 1.25. The maximum Gasteiger partial charge on any atom is 0.357 e. The van der Waals surface area contributed by atoms with E-state index >= 15 is 0 Å². The third-order valence-corrected chi connectivity index (χ3v) is 9.47. The number of fused-ring (bicyclic) bond motifs is 3. The minimum atomic E-state index is -0.743. The van der Waals surface area contributed by atoms with Crippen LogP contribution < -0.4 is 25.8 Å². The van der Waals surface area contributed by atoms with Crippen LogP contribution in [-0.2, 0) is 17.7 Å². The Kier molecular flexibility index (Phi) is 11.5. The summed E-state index contributed by atoms with van der Waals surface area (Å²) in [5.41, 5.74) is 10.2. The van der Waals surface area contributed by atoms with Crippen LogP contribution in [0.15, 0.2) is 53.9 Å². The van der Waals surface area contributed by atoms with Crippen LogP contribution in [0.3, 0.4) is 0 Å². The normalized spacial score (nSPS) is 12.0. The van der Waals surface area contributed by atoms with E-state index in [-0.39, 0.29) is 17.0 Å². The number of anilines is 1. The molecule has 4 N–H and O–H groups in total. The minimum absolute atomic E-state index is 0.0621. The largest absolute Gasteiger partial charge is 0.493 e. The molecule has 0 unspecified atom stereocenters. The van der Waals surface area contributed by atoms with Crippen LogP contribution in [0.1, 0.15) is 82.5 Å². The highest BCUT2D eigenvalue weighted by molar-refractivity contribution is 7.13. The SMILES string of the molecule is CCCNC(=O)c1ccc(-c2cc3c(cc2C(=O)Nc2ccc(CN)cc2OCC(CC)CC)-c2sccc2CCO3)c(C(=O)OC)n1. The van der Waals surface area contributed by atoms with Gasteiger partial charge in [-0.2, -0.15) is 0 Å². The predicted octanol–water partition coefficient (Wildman–Crippen LogP) is 6.86. The van der Waals surface area contributed by atoms with Crippen molar-refractivity contribution in [2.75, 3.05) is 32.2 Å². The van der Waals surface area contributed by atoms with Crippen molar-refractivity contribution in [2.45, 2.75) is 53.0 Å². The van der Waals surface area contributed by atoms with Crippen LogP contribution in [0.4, 0.5) is 5.69 Å². The van der Waals surface area contributed by atoms with Gasteiger partial charge in [0.1, 0.15) is 17.2 Å². The fraction of sp³-hybridized carbons (Fsp3) is 0.351. The van der Waals surface area contributed by atoms with Crippen molar-refractivity contribution in [2.24, 2.45) is 11.7 Å². The van der Waals surface area contributed by atoms with Crippen LogP contribution in [0.25, 0.3) is 21.6 Å². The molecule has 0 saturated carbocycles. The molecule has 252 valence electrons. The number of nitrogens with one attached hydrogen (secondary N) is 2. The average Bonchev–Trinajstić information content (AvgIpc) is 3.51. The maximum absolute atomic E-state index is 14.4. The first-order valence-electron chi connectivity index (χ1n) is 16.3. The zero-order valence-corrected chi connectivity index (χ0v) is 28.6. The van der Waals surface area contributed by atoms with Gasteiger partial charge in [-0.15, -0.1) is 11.3 Å². The Morgan fingerprint density at radius 3 is 2.54 bits per heavy atom. The van der Waals surface area contributed by atoms with Crippen molar-refractivity contribution in [1.29, 1.82) is 0 Å². The summed E-state index contributed by atoms with van der Waals surface area (Å²) in [5.74, 6) is -0.120. The zero-order chi connectivity index (χ0) is 34.2. The summed E-state index contributed by atoms with van der Waals surface area (Å²) in [4.78, 5) is 45.8. The molecule has 0 radical (unpaired) electrons. The van der Waals surface area contributed by atoms with E-state index in [0.717, 1.165) is 40.8 Å². The van der Waals surface area contributed by atoms with Crippen LogP contribution in [0, 0.1) is 5.92 Å². The number of thiophene rings is 1. The second kappa shape index (κ2) is 15.9. The lowest BCUT2D eigenvalue weighted by Gasteiger charge is -2.19. The average molecular weight is 671 g/mol. The van der Waals surface area contributed by atoms with Gasteiger partial charge in [0.05, 0.1) is 26.0 Å². The molecule has 1 aliphatic heterocycles. The molecule has 2 aromatic heterocycles. The molecule has 48 heavy (non-hydrogen) atoms. The number of benzene rings is 2. The first-order valence-corrected chi connectivity index (χ1v) is 17.2. The molecule has 5 rings (SSSR count). The number of hydrogen-bond donors (Lipinski definition) is 3. The van der Waals surface area contributed by atoms with Gasteiger partial charge in [-0.25, -0.2) is 9.78 Å². The van der Waals surface area contributed by atoms with Crippen molar-refractivity contribution in [1.82, 2.24) is 10.3 Å². The molecule has 11 heteroatoms. The number of rotatable bonds is 13. The van der Waals surface area contributed by atoms with Crippen molar-refractivity contribution >= 4 is 34.8 Å². The van der Waals surface area contributed by atoms with Gasteiger partial charge in [0.2, 0.25) is 0 Å². The molecule has 0 aliphatic carbocycles. The molecule has 0 saturated heterocycles. The van der Waals surface area contributed by atoms with E-state index in [1.807, 2.05) is 24.4 Å². The van der Waals surface area contributed by atoms with Crippen molar-refractivity contribution < 1.29 is 28.6 Å². The Morgan fingerprint density at radius 1 is 1.00 bits per heavy atom. The zero-order valence-electron chi connectivity index (χ0n) is 27.8. The monoisotopic (exact) mass is 670 g/mol. The van der Waals surface area contributed by atoms with E-state index in [2.05, 4.69) is 35.5 Å². The van der Waals surface area contributed by atoms with Crippen molar-refractivity contribution in [3.8, 4) is 33.1 Å². The van der Waals surface area contributed by atoms with E-state index in [1.165, 1.54) is 13.2 Å². The van der Waals surface area contributed by atoms with E-state index in [0.29, 0.717) is 67.0 Å². The molecule has 0 atom stereocenters.